The quantitative estimate of drug-likeness (QED) is 0.485. The Kier molecular flexibility index (Phi) is 4.45. The number of fused-ring (bicyclic) bond motifs is 1. The molecule has 1 aliphatic heterocycles. The van der Waals surface area contributed by atoms with Crippen LogP contribution in [0.4, 0.5) is 11.5 Å². The zero-order valence-electron chi connectivity index (χ0n) is 16.3. The van der Waals surface area contributed by atoms with E-state index in [9.17, 15) is 0 Å². The summed E-state index contributed by atoms with van der Waals surface area (Å²) < 4.78 is 1.97. The Hall–Kier alpha value is -3.66. The molecule has 0 saturated heterocycles. The van der Waals surface area contributed by atoms with Crippen molar-refractivity contribution in [2.24, 2.45) is 4.99 Å². The molecule has 0 fully saturated rings. The summed E-state index contributed by atoms with van der Waals surface area (Å²) in [5.41, 5.74) is 6.30. The van der Waals surface area contributed by atoms with E-state index in [-0.39, 0.29) is 6.04 Å². The van der Waals surface area contributed by atoms with E-state index in [1.165, 1.54) is 5.56 Å². The average Bonchev–Trinajstić information content (AvgIpc) is 2.97. The number of aryl methyl sites for hydroxylation is 1. The summed E-state index contributed by atoms with van der Waals surface area (Å²) >= 11 is 0. The van der Waals surface area contributed by atoms with Gasteiger partial charge in [0.05, 0.1) is 23.1 Å². The largest absolute Gasteiger partial charge is 0.361 e. The molecule has 1 unspecified atom stereocenters. The smallest absolute Gasteiger partial charge is 0.156 e. The maximum atomic E-state index is 5.10. The van der Waals surface area contributed by atoms with E-state index in [1.807, 2.05) is 35.9 Å². The lowest BCUT2D eigenvalue weighted by Gasteiger charge is -2.20. The Morgan fingerprint density at radius 2 is 1.45 bits per heavy atom. The van der Waals surface area contributed by atoms with Crippen molar-refractivity contribution in [1.82, 2.24) is 9.78 Å². The van der Waals surface area contributed by atoms with E-state index < -0.39 is 0 Å². The van der Waals surface area contributed by atoms with E-state index in [0.717, 1.165) is 40.6 Å². The van der Waals surface area contributed by atoms with Crippen LogP contribution in [0.1, 0.15) is 29.3 Å². The fourth-order valence-corrected chi connectivity index (χ4v) is 3.83. The van der Waals surface area contributed by atoms with Gasteiger partial charge in [0.25, 0.3) is 0 Å². The second-order valence-electron chi connectivity index (χ2n) is 7.27. The van der Waals surface area contributed by atoms with Crippen LogP contribution in [-0.4, -0.2) is 15.5 Å². The standard InChI is InChI=1S/C25H22N4/c1-18-24-25(29(28-18)21-15-9-4-10-16-21)27-23(20-13-7-3-8-14-20)17-22(26-24)19-11-5-2-6-12-19/h2-16,23,27H,17H2,1H3. The Morgan fingerprint density at radius 3 is 2.14 bits per heavy atom. The minimum atomic E-state index is 0.106. The maximum Gasteiger partial charge on any atom is 0.156 e. The zero-order valence-corrected chi connectivity index (χ0v) is 16.3. The number of nitrogens with zero attached hydrogens (tertiary/aromatic N) is 3. The molecule has 4 nitrogen and oxygen atoms in total. The van der Waals surface area contributed by atoms with Crippen molar-refractivity contribution in [2.45, 2.75) is 19.4 Å². The molecule has 0 radical (unpaired) electrons. The van der Waals surface area contributed by atoms with Crippen LogP contribution in [0.15, 0.2) is 96.0 Å². The van der Waals surface area contributed by atoms with Crippen LogP contribution in [0, 0.1) is 6.92 Å². The van der Waals surface area contributed by atoms with Gasteiger partial charge in [-0.1, -0.05) is 78.9 Å². The lowest BCUT2D eigenvalue weighted by molar-refractivity contribution is 0.789. The van der Waals surface area contributed by atoms with Crippen LogP contribution < -0.4 is 5.32 Å². The van der Waals surface area contributed by atoms with Gasteiger partial charge in [0.15, 0.2) is 5.82 Å². The van der Waals surface area contributed by atoms with Gasteiger partial charge in [0.1, 0.15) is 5.69 Å². The third-order valence-electron chi connectivity index (χ3n) is 5.29. The number of nitrogens with one attached hydrogen (secondary N) is 1. The summed E-state index contributed by atoms with van der Waals surface area (Å²) in [4.78, 5) is 5.10. The number of aliphatic imine (C=N–C) groups is 1. The minimum Gasteiger partial charge on any atom is -0.361 e. The van der Waals surface area contributed by atoms with E-state index in [0.29, 0.717) is 0 Å². The van der Waals surface area contributed by atoms with Gasteiger partial charge in [-0.05, 0) is 30.2 Å². The fraction of sp³-hybridized carbons (Fsp3) is 0.120. The van der Waals surface area contributed by atoms with Crippen molar-refractivity contribution >= 4 is 17.2 Å². The topological polar surface area (TPSA) is 42.2 Å². The van der Waals surface area contributed by atoms with Gasteiger partial charge in [-0.25, -0.2) is 9.67 Å². The van der Waals surface area contributed by atoms with Crippen LogP contribution in [0.3, 0.4) is 0 Å². The second kappa shape index (κ2) is 7.40. The van der Waals surface area contributed by atoms with E-state index in [4.69, 9.17) is 10.1 Å². The summed E-state index contributed by atoms with van der Waals surface area (Å²) in [5, 5.41) is 8.56. The molecule has 0 saturated carbocycles. The Balaban J connectivity index is 1.69. The first-order chi connectivity index (χ1) is 14.3. The molecule has 5 rings (SSSR count). The summed E-state index contributed by atoms with van der Waals surface area (Å²) in [6.45, 7) is 2.02. The molecule has 0 spiro atoms. The van der Waals surface area contributed by atoms with E-state index in [2.05, 4.69) is 72.0 Å². The molecule has 29 heavy (non-hydrogen) atoms. The molecule has 4 heteroatoms. The minimum absolute atomic E-state index is 0.106. The third-order valence-corrected chi connectivity index (χ3v) is 5.29. The average molecular weight is 378 g/mol. The van der Waals surface area contributed by atoms with Crippen LogP contribution in [0.2, 0.25) is 0 Å². The van der Waals surface area contributed by atoms with Gasteiger partial charge in [0.2, 0.25) is 0 Å². The van der Waals surface area contributed by atoms with Crippen molar-refractivity contribution in [3.05, 3.63) is 108 Å². The number of aromatic nitrogens is 2. The second-order valence-corrected chi connectivity index (χ2v) is 7.27. The maximum absolute atomic E-state index is 5.10. The first-order valence-electron chi connectivity index (χ1n) is 9.89. The molecule has 1 aromatic heterocycles. The lowest BCUT2D eigenvalue weighted by atomic mass is 9.97. The highest BCUT2D eigenvalue weighted by molar-refractivity contribution is 6.04. The molecule has 0 bridgehead atoms. The summed E-state index contributed by atoms with van der Waals surface area (Å²) in [7, 11) is 0. The zero-order chi connectivity index (χ0) is 19.6. The Labute approximate surface area is 170 Å². The first kappa shape index (κ1) is 17.4. The van der Waals surface area contributed by atoms with Crippen molar-refractivity contribution < 1.29 is 0 Å². The molecule has 1 N–H and O–H groups in total. The van der Waals surface area contributed by atoms with Crippen LogP contribution in [0.25, 0.3) is 5.69 Å². The van der Waals surface area contributed by atoms with E-state index >= 15 is 0 Å². The van der Waals surface area contributed by atoms with Gasteiger partial charge in [-0.15, -0.1) is 0 Å². The van der Waals surface area contributed by atoms with Crippen molar-refractivity contribution in [3.63, 3.8) is 0 Å². The number of rotatable bonds is 3. The van der Waals surface area contributed by atoms with Gasteiger partial charge < -0.3 is 5.32 Å². The van der Waals surface area contributed by atoms with E-state index in [1.54, 1.807) is 0 Å². The molecule has 0 aliphatic carbocycles. The normalized spacial score (nSPS) is 15.8. The molecule has 1 aliphatic rings. The Morgan fingerprint density at radius 1 is 0.828 bits per heavy atom. The highest BCUT2D eigenvalue weighted by Crippen LogP contribution is 2.39. The molecule has 0 amide bonds. The molecule has 4 aromatic rings. The number of anilines is 1. The highest BCUT2D eigenvalue weighted by atomic mass is 15.4. The van der Waals surface area contributed by atoms with Crippen LogP contribution >= 0.6 is 0 Å². The van der Waals surface area contributed by atoms with Gasteiger partial charge in [0, 0.05) is 6.42 Å². The summed E-state index contributed by atoms with van der Waals surface area (Å²) in [5.74, 6) is 0.938. The summed E-state index contributed by atoms with van der Waals surface area (Å²) in [6.07, 6.45) is 0.803. The third kappa shape index (κ3) is 3.34. The predicted octanol–water partition coefficient (Wildman–Crippen LogP) is 5.86. The van der Waals surface area contributed by atoms with Crippen LogP contribution in [0.5, 0.6) is 0 Å². The van der Waals surface area contributed by atoms with Gasteiger partial charge in [-0.2, -0.15) is 5.10 Å². The van der Waals surface area contributed by atoms with Gasteiger partial charge >= 0.3 is 0 Å². The highest BCUT2D eigenvalue weighted by Gasteiger charge is 2.26. The number of benzene rings is 3. The monoisotopic (exact) mass is 378 g/mol. The molecule has 2 heterocycles. The van der Waals surface area contributed by atoms with Crippen molar-refractivity contribution in [1.29, 1.82) is 0 Å². The lowest BCUT2D eigenvalue weighted by Crippen LogP contribution is -2.16. The molecule has 1 atom stereocenters. The Bertz CT molecular complexity index is 1150. The number of hydrogen-bond donors (Lipinski definition) is 1. The predicted molar refractivity (Wildman–Crippen MR) is 118 cm³/mol. The van der Waals surface area contributed by atoms with Crippen molar-refractivity contribution in [3.8, 4) is 5.69 Å². The molecule has 142 valence electrons. The SMILES string of the molecule is Cc1nn(-c2ccccc2)c2c1N=C(c1ccccc1)CC(c1ccccc1)N2. The summed E-state index contributed by atoms with van der Waals surface area (Å²) in [6, 6.07) is 31.3. The molecular formula is C25H22N4. The fourth-order valence-electron chi connectivity index (χ4n) is 3.83. The number of para-hydroxylation sites is 1. The first-order valence-corrected chi connectivity index (χ1v) is 9.89. The van der Waals surface area contributed by atoms with Gasteiger partial charge in [-0.3, -0.25) is 0 Å². The number of hydrogen-bond acceptors (Lipinski definition) is 3. The molecule has 3 aromatic carbocycles. The van der Waals surface area contributed by atoms with Crippen molar-refractivity contribution in [2.75, 3.05) is 5.32 Å². The van der Waals surface area contributed by atoms with Crippen LogP contribution in [-0.2, 0) is 0 Å². The molecular weight excluding hydrogens is 356 g/mol.